The highest BCUT2D eigenvalue weighted by molar-refractivity contribution is 5.24. The van der Waals surface area contributed by atoms with Crippen molar-refractivity contribution in [2.75, 3.05) is 0 Å². The zero-order chi connectivity index (χ0) is 11.6. The Morgan fingerprint density at radius 1 is 1.12 bits per heavy atom. The lowest BCUT2D eigenvalue weighted by molar-refractivity contribution is -0.0445. The standard InChI is InChI=1S/C16H26/c1-11-13-7-6-12-10-14(13)15(2,3)8-5-9-16(11,12)4/h12-14H,1,5-10H2,2-4H3/t12-,13?,14+,16-/m0/s1. The van der Waals surface area contributed by atoms with Gasteiger partial charge in [-0.05, 0) is 60.7 Å². The first kappa shape index (κ1) is 10.9. The van der Waals surface area contributed by atoms with E-state index in [1.807, 2.05) is 0 Å². The Morgan fingerprint density at radius 3 is 2.56 bits per heavy atom. The van der Waals surface area contributed by atoms with Gasteiger partial charge in [-0.3, -0.25) is 0 Å². The lowest BCUT2D eigenvalue weighted by Crippen LogP contribution is -2.51. The minimum Gasteiger partial charge on any atom is -0.0990 e. The SMILES string of the molecule is C=C1C2CC[C@H]3C[C@H]2C(C)(C)CCC[C@@]13C. The van der Waals surface area contributed by atoms with Crippen molar-refractivity contribution < 1.29 is 0 Å². The molecule has 0 aromatic heterocycles. The first-order chi connectivity index (χ1) is 7.45. The van der Waals surface area contributed by atoms with Gasteiger partial charge in [0.25, 0.3) is 0 Å². The second-order valence-electron chi connectivity index (χ2n) is 7.51. The van der Waals surface area contributed by atoms with E-state index in [2.05, 4.69) is 27.4 Å². The van der Waals surface area contributed by atoms with Crippen LogP contribution >= 0.6 is 0 Å². The fourth-order valence-corrected chi connectivity index (χ4v) is 5.18. The van der Waals surface area contributed by atoms with Gasteiger partial charge in [-0.15, -0.1) is 0 Å². The third kappa shape index (κ3) is 1.22. The van der Waals surface area contributed by atoms with Crippen molar-refractivity contribution in [2.45, 2.75) is 59.3 Å². The molecule has 5 aliphatic rings. The monoisotopic (exact) mass is 218 g/mol. The minimum absolute atomic E-state index is 0.510. The summed E-state index contributed by atoms with van der Waals surface area (Å²) in [5.74, 6) is 2.74. The van der Waals surface area contributed by atoms with Crippen LogP contribution in [0.5, 0.6) is 0 Å². The van der Waals surface area contributed by atoms with Crippen LogP contribution in [0.4, 0.5) is 0 Å². The van der Waals surface area contributed by atoms with E-state index in [9.17, 15) is 0 Å². The van der Waals surface area contributed by atoms with Crippen molar-refractivity contribution in [3.8, 4) is 0 Å². The van der Waals surface area contributed by atoms with Crippen LogP contribution in [0.15, 0.2) is 12.2 Å². The Kier molecular flexibility index (Phi) is 2.14. The van der Waals surface area contributed by atoms with Crippen LogP contribution in [0.3, 0.4) is 0 Å². The van der Waals surface area contributed by atoms with E-state index in [-0.39, 0.29) is 0 Å². The van der Waals surface area contributed by atoms with Crippen molar-refractivity contribution in [1.29, 1.82) is 0 Å². The van der Waals surface area contributed by atoms with Crippen LogP contribution in [-0.4, -0.2) is 0 Å². The molecule has 5 fully saturated rings. The lowest BCUT2D eigenvalue weighted by Gasteiger charge is -2.61. The van der Waals surface area contributed by atoms with Gasteiger partial charge in [-0.1, -0.05) is 39.3 Å². The molecule has 0 amide bonds. The molecule has 0 heterocycles. The topological polar surface area (TPSA) is 0 Å². The van der Waals surface area contributed by atoms with Gasteiger partial charge in [-0.2, -0.15) is 0 Å². The second-order valence-corrected chi connectivity index (χ2v) is 7.51. The Balaban J connectivity index is 2.04. The van der Waals surface area contributed by atoms with Gasteiger partial charge in [0.1, 0.15) is 0 Å². The third-order valence-corrected chi connectivity index (χ3v) is 6.45. The van der Waals surface area contributed by atoms with Gasteiger partial charge in [0.2, 0.25) is 0 Å². The highest BCUT2D eigenvalue weighted by Crippen LogP contribution is 2.65. The van der Waals surface area contributed by atoms with E-state index in [0.717, 1.165) is 17.8 Å². The lowest BCUT2D eigenvalue weighted by atomic mass is 9.44. The molecular formula is C16H26. The molecule has 0 saturated heterocycles. The maximum Gasteiger partial charge on any atom is -0.00878 e. The van der Waals surface area contributed by atoms with Gasteiger partial charge in [0.15, 0.2) is 0 Å². The average Bonchev–Trinajstić information content (AvgIpc) is 2.24. The van der Waals surface area contributed by atoms with Crippen molar-refractivity contribution in [3.63, 3.8) is 0 Å². The van der Waals surface area contributed by atoms with E-state index >= 15 is 0 Å². The Labute approximate surface area is 101 Å². The number of hydrogen-bond donors (Lipinski definition) is 0. The maximum absolute atomic E-state index is 4.52. The van der Waals surface area contributed by atoms with Crippen molar-refractivity contribution in [2.24, 2.45) is 28.6 Å². The average molecular weight is 218 g/mol. The van der Waals surface area contributed by atoms with E-state index < -0.39 is 0 Å². The molecule has 5 aliphatic carbocycles. The number of rotatable bonds is 0. The summed E-state index contributed by atoms with van der Waals surface area (Å²) in [6.45, 7) is 12.0. The normalized spacial score (nSPS) is 50.2. The van der Waals surface area contributed by atoms with Crippen LogP contribution in [0, 0.1) is 28.6 Å². The van der Waals surface area contributed by atoms with Crippen LogP contribution < -0.4 is 0 Å². The van der Waals surface area contributed by atoms with Crippen LogP contribution in [0.1, 0.15) is 59.3 Å². The van der Waals surface area contributed by atoms with Gasteiger partial charge in [0.05, 0.1) is 0 Å². The van der Waals surface area contributed by atoms with E-state index in [4.69, 9.17) is 0 Å². The molecule has 0 aliphatic heterocycles. The highest BCUT2D eigenvalue weighted by Gasteiger charge is 2.55. The first-order valence-corrected chi connectivity index (χ1v) is 7.14. The number of hydrogen-bond acceptors (Lipinski definition) is 0. The predicted octanol–water partition coefficient (Wildman–Crippen LogP) is 4.81. The fraction of sp³-hybridized carbons (Fsp3) is 0.875. The maximum atomic E-state index is 4.52. The second kappa shape index (κ2) is 3.15. The van der Waals surface area contributed by atoms with Gasteiger partial charge >= 0.3 is 0 Å². The molecule has 0 N–H and O–H groups in total. The summed E-state index contributed by atoms with van der Waals surface area (Å²) >= 11 is 0. The van der Waals surface area contributed by atoms with Crippen LogP contribution in [0.25, 0.3) is 0 Å². The smallest absolute Gasteiger partial charge is 0.00878 e. The largest absolute Gasteiger partial charge is 0.0990 e. The molecule has 4 atom stereocenters. The molecule has 1 unspecified atom stereocenters. The molecule has 0 aromatic carbocycles. The molecule has 0 nitrogen and oxygen atoms in total. The third-order valence-electron chi connectivity index (χ3n) is 6.45. The Hall–Kier alpha value is -0.260. The van der Waals surface area contributed by atoms with Gasteiger partial charge in [-0.25, -0.2) is 0 Å². The fourth-order valence-electron chi connectivity index (χ4n) is 5.18. The summed E-state index contributed by atoms with van der Waals surface area (Å²) < 4.78 is 0. The molecule has 0 radical (unpaired) electrons. The molecule has 5 rings (SSSR count). The predicted molar refractivity (Wildman–Crippen MR) is 69.2 cm³/mol. The van der Waals surface area contributed by atoms with E-state index in [1.54, 1.807) is 5.57 Å². The Morgan fingerprint density at radius 2 is 1.88 bits per heavy atom. The van der Waals surface area contributed by atoms with Crippen LogP contribution in [0.2, 0.25) is 0 Å². The van der Waals surface area contributed by atoms with Crippen molar-refractivity contribution in [1.82, 2.24) is 0 Å². The summed E-state index contributed by atoms with van der Waals surface area (Å²) in [6, 6.07) is 0. The number of allylic oxidation sites excluding steroid dienone is 1. The molecular weight excluding hydrogens is 192 g/mol. The summed E-state index contributed by atoms with van der Waals surface area (Å²) in [4.78, 5) is 0. The molecule has 5 saturated carbocycles. The molecule has 0 aromatic rings. The van der Waals surface area contributed by atoms with Crippen molar-refractivity contribution in [3.05, 3.63) is 12.2 Å². The van der Waals surface area contributed by atoms with Crippen LogP contribution in [-0.2, 0) is 0 Å². The Bertz CT molecular complexity index is 325. The van der Waals surface area contributed by atoms with E-state index in [1.165, 1.54) is 38.5 Å². The summed E-state index contributed by atoms with van der Waals surface area (Å²) in [5.41, 5.74) is 2.71. The molecule has 90 valence electrons. The zero-order valence-electron chi connectivity index (χ0n) is 11.2. The van der Waals surface area contributed by atoms with Gasteiger partial charge < -0.3 is 0 Å². The minimum atomic E-state index is 0.510. The number of fused-ring (bicyclic) bond motifs is 4. The summed E-state index contributed by atoms with van der Waals surface area (Å²) in [5, 5.41) is 0. The zero-order valence-corrected chi connectivity index (χ0v) is 11.2. The quantitative estimate of drug-likeness (QED) is 0.512. The molecule has 16 heavy (non-hydrogen) atoms. The first-order valence-electron chi connectivity index (χ1n) is 7.14. The molecule has 0 spiro atoms. The molecule has 4 bridgehead atoms. The summed E-state index contributed by atoms with van der Waals surface area (Å²) in [7, 11) is 0. The molecule has 0 heteroatoms. The van der Waals surface area contributed by atoms with Crippen molar-refractivity contribution >= 4 is 0 Å². The van der Waals surface area contributed by atoms with Gasteiger partial charge in [0, 0.05) is 0 Å². The van der Waals surface area contributed by atoms with E-state index in [0.29, 0.717) is 10.8 Å². The highest BCUT2D eigenvalue weighted by atomic mass is 14.6. The summed E-state index contributed by atoms with van der Waals surface area (Å²) in [6.07, 6.45) is 8.67.